The Kier molecular flexibility index (Phi) is 5.26. The Morgan fingerprint density at radius 2 is 1.65 bits per heavy atom. The molecule has 0 bridgehead atoms. The van der Waals surface area contributed by atoms with Crippen LogP contribution < -0.4 is 15.4 Å². The maximum atomic E-state index is 14.7. The second-order valence-electron chi connectivity index (χ2n) is 5.40. The molecule has 0 radical (unpaired) electrons. The number of rotatable bonds is 4. The van der Waals surface area contributed by atoms with Gasteiger partial charge in [-0.3, -0.25) is 0 Å². The molecule has 0 atom stereocenters. The van der Waals surface area contributed by atoms with Gasteiger partial charge in [-0.2, -0.15) is 0 Å². The summed E-state index contributed by atoms with van der Waals surface area (Å²) in [6.45, 7) is 0. The molecular formula is C19H14F3IN2O. The second kappa shape index (κ2) is 7.45. The average molecular weight is 470 g/mol. The monoisotopic (exact) mass is 470 g/mol. The highest BCUT2D eigenvalue weighted by atomic mass is 127. The fourth-order valence-corrected chi connectivity index (χ4v) is 3.07. The number of nitrogen functional groups attached to an aromatic ring is 1. The van der Waals surface area contributed by atoms with Gasteiger partial charge in [0.15, 0.2) is 11.6 Å². The predicted molar refractivity (Wildman–Crippen MR) is 105 cm³/mol. The maximum Gasteiger partial charge on any atom is 0.185 e. The summed E-state index contributed by atoms with van der Waals surface area (Å²) in [6, 6.07) is 13.8. The number of ether oxygens (including phenoxy) is 1. The van der Waals surface area contributed by atoms with Crippen LogP contribution >= 0.6 is 22.6 Å². The van der Waals surface area contributed by atoms with Crippen molar-refractivity contribution in [3.8, 4) is 5.75 Å². The minimum absolute atomic E-state index is 0.0363. The molecule has 0 amide bonds. The van der Waals surface area contributed by atoms with Gasteiger partial charge < -0.3 is 15.4 Å². The highest BCUT2D eigenvalue weighted by Gasteiger charge is 2.26. The molecule has 0 aliphatic rings. The first-order valence-electron chi connectivity index (χ1n) is 7.55. The summed E-state index contributed by atoms with van der Waals surface area (Å²) in [5.74, 6) is -2.96. The van der Waals surface area contributed by atoms with E-state index in [-0.39, 0.29) is 22.8 Å². The topological polar surface area (TPSA) is 38.5 Å². The third kappa shape index (κ3) is 3.31. The van der Waals surface area contributed by atoms with Crippen molar-refractivity contribution >= 4 is 45.3 Å². The number of methoxy groups -OCH3 is 1. The van der Waals surface area contributed by atoms with Crippen LogP contribution in [-0.4, -0.2) is 7.11 Å². The lowest BCUT2D eigenvalue weighted by atomic mass is 10.1. The van der Waals surface area contributed by atoms with Crippen molar-refractivity contribution in [2.75, 3.05) is 17.7 Å². The molecule has 3 aromatic rings. The standard InChI is InChI=1S/C19H14F3IN2O/c1-26-16-10-14(21)17(22)19(18(16)24)25(12-5-3-2-4-6-12)15-8-7-11(23)9-13(15)20/h2-10H,24H2,1H3. The summed E-state index contributed by atoms with van der Waals surface area (Å²) in [6.07, 6.45) is 0. The summed E-state index contributed by atoms with van der Waals surface area (Å²) in [5, 5.41) is 0. The molecule has 0 fully saturated rings. The van der Waals surface area contributed by atoms with E-state index in [1.165, 1.54) is 24.1 Å². The zero-order chi connectivity index (χ0) is 18.8. The largest absolute Gasteiger partial charge is 0.494 e. The van der Waals surface area contributed by atoms with E-state index < -0.39 is 17.5 Å². The highest BCUT2D eigenvalue weighted by Crippen LogP contribution is 2.44. The van der Waals surface area contributed by atoms with Crippen LogP contribution in [0.5, 0.6) is 5.75 Å². The molecule has 3 nitrogen and oxygen atoms in total. The van der Waals surface area contributed by atoms with Gasteiger partial charge in [-0.05, 0) is 52.9 Å². The van der Waals surface area contributed by atoms with E-state index >= 15 is 0 Å². The molecule has 0 heterocycles. The van der Waals surface area contributed by atoms with Crippen LogP contribution in [0.25, 0.3) is 0 Å². The van der Waals surface area contributed by atoms with Crippen LogP contribution in [0.4, 0.5) is 35.9 Å². The van der Waals surface area contributed by atoms with Crippen LogP contribution in [0.1, 0.15) is 0 Å². The Morgan fingerprint density at radius 3 is 2.27 bits per heavy atom. The van der Waals surface area contributed by atoms with Crippen LogP contribution in [0.3, 0.4) is 0 Å². The highest BCUT2D eigenvalue weighted by molar-refractivity contribution is 14.1. The first kappa shape index (κ1) is 18.4. The van der Waals surface area contributed by atoms with Gasteiger partial charge >= 0.3 is 0 Å². The van der Waals surface area contributed by atoms with Gasteiger partial charge in [-0.1, -0.05) is 18.2 Å². The Hall–Kier alpha value is -2.42. The molecule has 134 valence electrons. The summed E-state index contributed by atoms with van der Waals surface area (Å²) in [5.41, 5.74) is 6.04. The molecule has 0 spiro atoms. The average Bonchev–Trinajstić information content (AvgIpc) is 2.63. The van der Waals surface area contributed by atoms with E-state index in [2.05, 4.69) is 0 Å². The van der Waals surface area contributed by atoms with Crippen molar-refractivity contribution in [1.82, 2.24) is 0 Å². The van der Waals surface area contributed by atoms with Crippen molar-refractivity contribution in [3.63, 3.8) is 0 Å². The molecule has 26 heavy (non-hydrogen) atoms. The van der Waals surface area contributed by atoms with Gasteiger partial charge in [0.05, 0.1) is 12.8 Å². The molecular weight excluding hydrogens is 456 g/mol. The fraction of sp³-hybridized carbons (Fsp3) is 0.0526. The number of anilines is 4. The minimum atomic E-state index is -1.19. The number of hydrogen-bond donors (Lipinski definition) is 1. The molecule has 3 aromatic carbocycles. The molecule has 0 aromatic heterocycles. The van der Waals surface area contributed by atoms with Crippen molar-refractivity contribution in [2.24, 2.45) is 0 Å². The third-order valence-corrected chi connectivity index (χ3v) is 4.48. The van der Waals surface area contributed by atoms with Gasteiger partial charge in [0.2, 0.25) is 0 Å². The quantitative estimate of drug-likeness (QED) is 0.389. The van der Waals surface area contributed by atoms with Gasteiger partial charge in [-0.15, -0.1) is 0 Å². The fourth-order valence-electron chi connectivity index (χ4n) is 2.62. The Bertz CT molecular complexity index is 951. The smallest absolute Gasteiger partial charge is 0.185 e. The number of para-hydroxylation sites is 1. The van der Waals surface area contributed by atoms with Gasteiger partial charge in [-0.25, -0.2) is 13.2 Å². The van der Waals surface area contributed by atoms with E-state index in [1.54, 1.807) is 36.4 Å². The van der Waals surface area contributed by atoms with Crippen LogP contribution in [0, 0.1) is 21.0 Å². The van der Waals surface area contributed by atoms with E-state index in [4.69, 9.17) is 10.5 Å². The molecule has 0 aliphatic carbocycles. The molecule has 2 N–H and O–H groups in total. The van der Waals surface area contributed by atoms with Gasteiger partial charge in [0, 0.05) is 15.3 Å². The minimum Gasteiger partial charge on any atom is -0.494 e. The van der Waals surface area contributed by atoms with Crippen LogP contribution in [0.2, 0.25) is 0 Å². The van der Waals surface area contributed by atoms with E-state index in [0.717, 1.165) is 6.07 Å². The maximum absolute atomic E-state index is 14.7. The molecule has 0 unspecified atom stereocenters. The van der Waals surface area contributed by atoms with Gasteiger partial charge in [0.1, 0.15) is 22.9 Å². The van der Waals surface area contributed by atoms with Crippen LogP contribution in [-0.2, 0) is 0 Å². The number of nitrogens with two attached hydrogens (primary N) is 1. The molecule has 0 aliphatic heterocycles. The first-order chi connectivity index (χ1) is 12.4. The summed E-state index contributed by atoms with van der Waals surface area (Å²) < 4.78 is 49.3. The summed E-state index contributed by atoms with van der Waals surface area (Å²) >= 11 is 1.97. The van der Waals surface area contributed by atoms with E-state index in [0.29, 0.717) is 9.26 Å². The van der Waals surface area contributed by atoms with Gasteiger partial charge in [0.25, 0.3) is 0 Å². The summed E-state index contributed by atoms with van der Waals surface area (Å²) in [7, 11) is 1.30. The number of benzene rings is 3. The Morgan fingerprint density at radius 1 is 0.962 bits per heavy atom. The molecule has 3 rings (SSSR count). The lowest BCUT2D eigenvalue weighted by Gasteiger charge is -2.28. The lowest BCUT2D eigenvalue weighted by molar-refractivity contribution is 0.409. The van der Waals surface area contributed by atoms with Crippen molar-refractivity contribution < 1.29 is 17.9 Å². The Labute approximate surface area is 162 Å². The third-order valence-electron chi connectivity index (χ3n) is 3.80. The van der Waals surface area contributed by atoms with Crippen LogP contribution in [0.15, 0.2) is 54.6 Å². The van der Waals surface area contributed by atoms with E-state index in [1.807, 2.05) is 22.6 Å². The predicted octanol–water partition coefficient (Wildman–Crippen LogP) is 5.77. The lowest BCUT2D eigenvalue weighted by Crippen LogP contribution is -2.16. The zero-order valence-corrected chi connectivity index (χ0v) is 15.8. The van der Waals surface area contributed by atoms with Crippen molar-refractivity contribution in [3.05, 3.63) is 75.6 Å². The normalized spacial score (nSPS) is 10.7. The number of halogens is 4. The molecule has 0 saturated heterocycles. The van der Waals surface area contributed by atoms with E-state index in [9.17, 15) is 13.2 Å². The van der Waals surface area contributed by atoms with Crippen molar-refractivity contribution in [1.29, 1.82) is 0 Å². The molecule has 7 heteroatoms. The SMILES string of the molecule is COc1cc(F)c(F)c(N(c2ccccc2)c2ccc(I)cc2F)c1N. The number of hydrogen-bond acceptors (Lipinski definition) is 3. The number of nitrogens with zero attached hydrogens (tertiary/aromatic N) is 1. The first-order valence-corrected chi connectivity index (χ1v) is 8.63. The van der Waals surface area contributed by atoms with Crippen molar-refractivity contribution in [2.45, 2.75) is 0 Å². The zero-order valence-electron chi connectivity index (χ0n) is 13.6. The Balaban J connectivity index is 2.35. The molecule has 0 saturated carbocycles. The summed E-state index contributed by atoms with van der Waals surface area (Å²) in [4.78, 5) is 1.24. The second-order valence-corrected chi connectivity index (χ2v) is 6.65.